The van der Waals surface area contributed by atoms with Gasteiger partial charge >= 0.3 is 5.69 Å². The zero-order valence-corrected chi connectivity index (χ0v) is 18.5. The molecule has 31 heavy (non-hydrogen) atoms. The quantitative estimate of drug-likeness (QED) is 0.470. The van der Waals surface area contributed by atoms with E-state index in [4.69, 9.17) is 16.3 Å². The lowest BCUT2D eigenvalue weighted by Crippen LogP contribution is -2.22. The lowest BCUT2D eigenvalue weighted by atomic mass is 9.98. The molecule has 0 saturated carbocycles. The lowest BCUT2D eigenvalue weighted by Gasteiger charge is -2.16. The summed E-state index contributed by atoms with van der Waals surface area (Å²) in [6, 6.07) is 13.6. The van der Waals surface area contributed by atoms with E-state index >= 15 is 0 Å². The number of benzene rings is 2. The maximum atomic E-state index is 12.3. The van der Waals surface area contributed by atoms with Gasteiger partial charge in [0.15, 0.2) is 0 Å². The molecule has 0 aliphatic carbocycles. The minimum absolute atomic E-state index is 0.331. The minimum Gasteiger partial charge on any atom is -0.486 e. The van der Waals surface area contributed by atoms with Crippen molar-refractivity contribution in [3.8, 4) is 22.7 Å². The molecule has 4 aromatic rings. The summed E-state index contributed by atoms with van der Waals surface area (Å²) in [5.41, 5.74) is 6.30. The number of para-hydroxylation sites is 1. The minimum atomic E-state index is -0.331. The van der Waals surface area contributed by atoms with Gasteiger partial charge in [-0.1, -0.05) is 29.8 Å². The lowest BCUT2D eigenvalue weighted by molar-refractivity contribution is 0.301. The van der Waals surface area contributed by atoms with Crippen LogP contribution in [0.2, 0.25) is 5.02 Å². The monoisotopic (exact) mass is 435 g/mol. The first-order valence-electron chi connectivity index (χ1n) is 9.79. The first kappa shape index (κ1) is 20.8. The standard InChI is InChI=1S/C23H22ClN5O2/c1-14-6-5-7-21(29-23(30)28(4)26-27-29)22(14)31-13-17-10-16(3)19(11-15(17)2)20-9-8-18(24)12-25-20/h5-12H,13H2,1-4H3. The average Bonchev–Trinajstić information content (AvgIpc) is 3.08. The summed E-state index contributed by atoms with van der Waals surface area (Å²) in [7, 11) is 1.56. The maximum Gasteiger partial charge on any atom is 0.368 e. The summed E-state index contributed by atoms with van der Waals surface area (Å²) in [5.74, 6) is 0.602. The van der Waals surface area contributed by atoms with Crippen LogP contribution in [0.15, 0.2) is 53.5 Å². The molecular weight excluding hydrogens is 414 g/mol. The number of halogens is 1. The molecule has 0 N–H and O–H groups in total. The molecule has 2 aromatic carbocycles. The molecule has 2 heterocycles. The van der Waals surface area contributed by atoms with Crippen LogP contribution in [-0.2, 0) is 13.7 Å². The van der Waals surface area contributed by atoms with Crippen LogP contribution in [-0.4, -0.2) is 24.8 Å². The van der Waals surface area contributed by atoms with Crippen LogP contribution < -0.4 is 10.4 Å². The molecule has 0 amide bonds. The Morgan fingerprint density at radius 2 is 1.81 bits per heavy atom. The van der Waals surface area contributed by atoms with Gasteiger partial charge in [-0.05, 0) is 77.7 Å². The molecule has 0 radical (unpaired) electrons. The fraction of sp³-hybridized carbons (Fsp3) is 0.217. The molecule has 4 rings (SSSR count). The van der Waals surface area contributed by atoms with Gasteiger partial charge in [-0.25, -0.2) is 4.79 Å². The van der Waals surface area contributed by atoms with Crippen molar-refractivity contribution in [2.45, 2.75) is 27.4 Å². The largest absolute Gasteiger partial charge is 0.486 e. The Balaban J connectivity index is 1.65. The predicted molar refractivity (Wildman–Crippen MR) is 120 cm³/mol. The number of hydrogen-bond acceptors (Lipinski definition) is 5. The Morgan fingerprint density at radius 1 is 1.00 bits per heavy atom. The first-order chi connectivity index (χ1) is 14.8. The number of tetrazole rings is 1. The van der Waals surface area contributed by atoms with E-state index in [0.717, 1.165) is 33.5 Å². The second-order valence-electron chi connectivity index (χ2n) is 7.46. The van der Waals surface area contributed by atoms with Gasteiger partial charge in [0.05, 0.1) is 10.7 Å². The molecule has 0 fully saturated rings. The van der Waals surface area contributed by atoms with Crippen molar-refractivity contribution in [1.29, 1.82) is 0 Å². The van der Waals surface area contributed by atoms with E-state index in [-0.39, 0.29) is 5.69 Å². The van der Waals surface area contributed by atoms with Crippen LogP contribution in [0.5, 0.6) is 5.75 Å². The fourth-order valence-electron chi connectivity index (χ4n) is 3.45. The van der Waals surface area contributed by atoms with Crippen LogP contribution in [0.1, 0.15) is 22.3 Å². The van der Waals surface area contributed by atoms with Crippen molar-refractivity contribution in [2.24, 2.45) is 7.05 Å². The van der Waals surface area contributed by atoms with Gasteiger partial charge in [-0.3, -0.25) is 4.98 Å². The van der Waals surface area contributed by atoms with E-state index in [2.05, 4.69) is 27.5 Å². The number of aromatic nitrogens is 5. The number of pyridine rings is 1. The van der Waals surface area contributed by atoms with Crippen molar-refractivity contribution in [3.05, 3.63) is 86.4 Å². The third-order valence-electron chi connectivity index (χ3n) is 5.20. The summed E-state index contributed by atoms with van der Waals surface area (Å²) in [6.45, 7) is 6.39. The summed E-state index contributed by atoms with van der Waals surface area (Å²) in [6.07, 6.45) is 1.65. The molecule has 8 heteroatoms. The Labute approximate surface area is 184 Å². The van der Waals surface area contributed by atoms with Gasteiger partial charge < -0.3 is 4.74 Å². The molecule has 158 valence electrons. The zero-order chi connectivity index (χ0) is 22.1. The van der Waals surface area contributed by atoms with Crippen molar-refractivity contribution in [1.82, 2.24) is 24.8 Å². The highest BCUT2D eigenvalue weighted by molar-refractivity contribution is 6.30. The number of ether oxygens (including phenoxy) is 1. The summed E-state index contributed by atoms with van der Waals surface area (Å²) in [4.78, 5) is 16.8. The SMILES string of the molecule is Cc1cc(-c2ccc(Cl)cn2)c(C)cc1COc1c(C)cccc1-n1nnn(C)c1=O. The van der Waals surface area contributed by atoms with Crippen LogP contribution in [0, 0.1) is 20.8 Å². The number of rotatable bonds is 5. The first-order valence-corrected chi connectivity index (χ1v) is 10.2. The molecule has 0 bridgehead atoms. The Hall–Kier alpha value is -3.45. The zero-order valence-electron chi connectivity index (χ0n) is 17.8. The Morgan fingerprint density at radius 3 is 2.48 bits per heavy atom. The molecule has 0 atom stereocenters. The van der Waals surface area contributed by atoms with Gasteiger partial charge in [0.25, 0.3) is 0 Å². The predicted octanol–water partition coefficient (Wildman–Crippen LogP) is 4.19. The second kappa shape index (κ2) is 8.35. The number of hydrogen-bond donors (Lipinski definition) is 0. The van der Waals surface area contributed by atoms with Gasteiger partial charge in [-0.15, -0.1) is 0 Å². The van der Waals surface area contributed by atoms with Crippen LogP contribution in [0.25, 0.3) is 16.9 Å². The van der Waals surface area contributed by atoms with Crippen LogP contribution in [0.4, 0.5) is 0 Å². The van der Waals surface area contributed by atoms with Crippen molar-refractivity contribution >= 4 is 11.6 Å². The van der Waals surface area contributed by atoms with Crippen molar-refractivity contribution in [3.63, 3.8) is 0 Å². The molecule has 2 aromatic heterocycles. The van der Waals surface area contributed by atoms with E-state index < -0.39 is 0 Å². The van der Waals surface area contributed by atoms with Gasteiger partial charge in [-0.2, -0.15) is 9.36 Å². The van der Waals surface area contributed by atoms with E-state index in [1.165, 1.54) is 9.36 Å². The topological polar surface area (TPSA) is 74.8 Å². The van der Waals surface area contributed by atoms with Crippen LogP contribution in [0.3, 0.4) is 0 Å². The molecule has 7 nitrogen and oxygen atoms in total. The second-order valence-corrected chi connectivity index (χ2v) is 7.90. The van der Waals surface area contributed by atoms with Crippen molar-refractivity contribution < 1.29 is 4.74 Å². The number of nitrogens with zero attached hydrogens (tertiary/aromatic N) is 5. The third-order valence-corrected chi connectivity index (χ3v) is 5.42. The van der Waals surface area contributed by atoms with E-state index in [1.807, 2.05) is 45.0 Å². The average molecular weight is 436 g/mol. The highest BCUT2D eigenvalue weighted by atomic mass is 35.5. The molecule has 0 saturated heterocycles. The summed E-state index contributed by atoms with van der Waals surface area (Å²) >= 11 is 5.97. The summed E-state index contributed by atoms with van der Waals surface area (Å²) in [5, 5.41) is 8.36. The summed E-state index contributed by atoms with van der Waals surface area (Å²) < 4.78 is 8.63. The molecule has 0 unspecified atom stereocenters. The molecule has 0 aliphatic heterocycles. The van der Waals surface area contributed by atoms with Crippen LogP contribution >= 0.6 is 11.6 Å². The highest BCUT2D eigenvalue weighted by Crippen LogP contribution is 2.29. The number of aryl methyl sites for hydroxylation is 4. The normalized spacial score (nSPS) is 11.0. The third kappa shape index (κ3) is 4.09. The fourth-order valence-corrected chi connectivity index (χ4v) is 3.56. The van der Waals surface area contributed by atoms with E-state index in [1.54, 1.807) is 19.3 Å². The van der Waals surface area contributed by atoms with E-state index in [9.17, 15) is 4.79 Å². The smallest absolute Gasteiger partial charge is 0.368 e. The highest BCUT2D eigenvalue weighted by Gasteiger charge is 2.15. The molecule has 0 aliphatic rings. The van der Waals surface area contributed by atoms with Gasteiger partial charge in [0, 0.05) is 18.8 Å². The van der Waals surface area contributed by atoms with Gasteiger partial charge in [0.1, 0.15) is 18.0 Å². The maximum absolute atomic E-state index is 12.3. The molecular formula is C23H22ClN5O2. The molecule has 0 spiro atoms. The van der Waals surface area contributed by atoms with E-state index in [0.29, 0.717) is 23.1 Å². The Kier molecular flexibility index (Phi) is 5.61. The Bertz CT molecular complexity index is 1310. The van der Waals surface area contributed by atoms with Gasteiger partial charge in [0.2, 0.25) is 0 Å². The van der Waals surface area contributed by atoms with Crippen molar-refractivity contribution in [2.75, 3.05) is 0 Å².